The maximum absolute atomic E-state index is 12.4. The van der Waals surface area contributed by atoms with Crippen molar-refractivity contribution in [2.45, 2.75) is 45.2 Å². The lowest BCUT2D eigenvalue weighted by atomic mass is 10.1. The summed E-state index contributed by atoms with van der Waals surface area (Å²) in [5.74, 6) is 1.21. The number of benzene rings is 1. The van der Waals surface area contributed by atoms with E-state index < -0.39 is 10.0 Å². The van der Waals surface area contributed by atoms with Gasteiger partial charge in [0.1, 0.15) is 12.4 Å². The average Bonchev–Trinajstić information content (AvgIpc) is 3.48. The molecule has 0 radical (unpaired) electrons. The normalized spacial score (nSPS) is 17.1. The van der Waals surface area contributed by atoms with Crippen molar-refractivity contribution in [3.63, 3.8) is 0 Å². The van der Waals surface area contributed by atoms with Crippen LogP contribution in [0, 0.1) is 0 Å². The molecule has 11 nitrogen and oxygen atoms in total. The minimum atomic E-state index is -3.48. The molecule has 1 unspecified atom stereocenters. The molecule has 1 aliphatic rings. The van der Waals surface area contributed by atoms with Crippen molar-refractivity contribution in [1.29, 1.82) is 0 Å². The van der Waals surface area contributed by atoms with E-state index in [0.29, 0.717) is 18.1 Å². The second-order valence-corrected chi connectivity index (χ2v) is 10.8. The van der Waals surface area contributed by atoms with Crippen molar-refractivity contribution >= 4 is 21.6 Å². The van der Waals surface area contributed by atoms with Crippen molar-refractivity contribution in [1.82, 2.24) is 29.6 Å². The second kappa shape index (κ2) is 10.8. The quantitative estimate of drug-likeness (QED) is 0.360. The van der Waals surface area contributed by atoms with Gasteiger partial charge >= 0.3 is 6.01 Å². The number of nitrogens with one attached hydrogen (secondary N) is 3. The van der Waals surface area contributed by atoms with Gasteiger partial charge in [0.25, 0.3) is 0 Å². The third-order valence-electron chi connectivity index (χ3n) is 5.93. The van der Waals surface area contributed by atoms with Gasteiger partial charge in [-0.3, -0.25) is 0 Å². The van der Waals surface area contributed by atoms with Gasteiger partial charge in [0.15, 0.2) is 5.65 Å². The lowest BCUT2D eigenvalue weighted by Gasteiger charge is -2.17. The van der Waals surface area contributed by atoms with Crippen molar-refractivity contribution < 1.29 is 17.9 Å². The topological polar surface area (TPSA) is 132 Å². The zero-order chi connectivity index (χ0) is 25.0. The van der Waals surface area contributed by atoms with Gasteiger partial charge in [-0.1, -0.05) is 26.0 Å². The Kier molecular flexibility index (Phi) is 7.72. The van der Waals surface area contributed by atoms with E-state index in [2.05, 4.69) is 44.3 Å². The van der Waals surface area contributed by atoms with Crippen LogP contribution in [0.2, 0.25) is 0 Å². The minimum Gasteiger partial charge on any atom is -0.497 e. The molecule has 35 heavy (non-hydrogen) atoms. The number of aromatic nitrogens is 4. The molecular weight excluding hydrogens is 470 g/mol. The van der Waals surface area contributed by atoms with E-state index in [1.165, 1.54) is 0 Å². The van der Waals surface area contributed by atoms with Gasteiger partial charge in [0.05, 0.1) is 25.1 Å². The first-order chi connectivity index (χ1) is 16.8. The molecule has 3 heterocycles. The van der Waals surface area contributed by atoms with Crippen LogP contribution in [0.3, 0.4) is 0 Å². The van der Waals surface area contributed by atoms with Gasteiger partial charge in [0.2, 0.25) is 16.0 Å². The minimum absolute atomic E-state index is 0.0678. The molecule has 0 spiro atoms. The standard InChI is InChI=1S/C23H33N7O4S/c1-15(2)20-14-25-30-21(20)27-23(34-10-11-35(31,32)29-18-8-9-24-13-18)28-22(30)26-16(3)17-6-5-7-19(12-17)33-4/h5-7,12,14-16,18,24,29H,8-11,13H2,1-4H3,(H,26,27,28)/t16-,18?/m0/s1. The number of anilines is 1. The van der Waals surface area contributed by atoms with Crippen LogP contribution >= 0.6 is 0 Å². The van der Waals surface area contributed by atoms with Gasteiger partial charge < -0.3 is 20.1 Å². The van der Waals surface area contributed by atoms with Crippen LogP contribution in [0.1, 0.15) is 50.3 Å². The first-order valence-electron chi connectivity index (χ1n) is 11.8. The van der Waals surface area contributed by atoms with Gasteiger partial charge in [-0.2, -0.15) is 19.6 Å². The highest BCUT2D eigenvalue weighted by atomic mass is 32.2. The smallest absolute Gasteiger partial charge is 0.321 e. The summed E-state index contributed by atoms with van der Waals surface area (Å²) in [7, 11) is -1.84. The van der Waals surface area contributed by atoms with Crippen LogP contribution < -0.4 is 24.8 Å². The van der Waals surface area contributed by atoms with E-state index in [1.54, 1.807) is 17.8 Å². The number of nitrogens with zero attached hydrogens (tertiary/aromatic N) is 4. The first-order valence-corrected chi connectivity index (χ1v) is 13.4. The molecule has 190 valence electrons. The summed E-state index contributed by atoms with van der Waals surface area (Å²) in [6, 6.07) is 7.66. The SMILES string of the molecule is COc1cccc([C@H](C)Nc2nc(OCCS(=O)(=O)NC3CCNC3)nc3c(C(C)C)cnn23)c1. The summed E-state index contributed by atoms with van der Waals surface area (Å²) in [5, 5.41) is 11.0. The molecule has 0 amide bonds. The van der Waals surface area contributed by atoms with E-state index in [-0.39, 0.29) is 36.4 Å². The molecular formula is C23H33N7O4S. The average molecular weight is 504 g/mol. The Labute approximate surface area is 205 Å². The van der Waals surface area contributed by atoms with E-state index in [4.69, 9.17) is 9.47 Å². The van der Waals surface area contributed by atoms with Gasteiger partial charge in [-0.05, 0) is 43.5 Å². The summed E-state index contributed by atoms with van der Waals surface area (Å²) >= 11 is 0. The van der Waals surface area contributed by atoms with Crippen molar-refractivity contribution in [2.24, 2.45) is 0 Å². The number of hydrogen-bond donors (Lipinski definition) is 3. The zero-order valence-corrected chi connectivity index (χ0v) is 21.3. The molecule has 12 heteroatoms. The van der Waals surface area contributed by atoms with E-state index in [1.807, 2.05) is 31.2 Å². The summed E-state index contributed by atoms with van der Waals surface area (Å²) in [6.07, 6.45) is 2.55. The summed E-state index contributed by atoms with van der Waals surface area (Å²) in [6.45, 7) is 7.50. The monoisotopic (exact) mass is 503 g/mol. The van der Waals surface area contributed by atoms with Crippen molar-refractivity contribution in [3.8, 4) is 11.8 Å². The Morgan fingerprint density at radius 3 is 2.80 bits per heavy atom. The Balaban J connectivity index is 1.54. The highest BCUT2D eigenvalue weighted by molar-refractivity contribution is 7.89. The zero-order valence-electron chi connectivity index (χ0n) is 20.5. The molecule has 2 atom stereocenters. The molecule has 1 aromatic carbocycles. The number of hydrogen-bond acceptors (Lipinski definition) is 9. The van der Waals surface area contributed by atoms with E-state index in [0.717, 1.165) is 29.8 Å². The van der Waals surface area contributed by atoms with E-state index in [9.17, 15) is 8.42 Å². The number of sulfonamides is 1. The lowest BCUT2D eigenvalue weighted by Crippen LogP contribution is -2.38. The molecule has 3 aromatic rings. The van der Waals surface area contributed by atoms with Crippen LogP contribution in [-0.4, -0.2) is 66.6 Å². The number of methoxy groups -OCH3 is 1. The molecule has 1 aliphatic heterocycles. The van der Waals surface area contributed by atoms with Gasteiger partial charge in [-0.15, -0.1) is 0 Å². The molecule has 4 rings (SSSR count). The van der Waals surface area contributed by atoms with Crippen LogP contribution in [-0.2, 0) is 10.0 Å². The molecule has 2 aromatic heterocycles. The first kappa shape index (κ1) is 25.1. The molecule has 0 aliphatic carbocycles. The highest BCUT2D eigenvalue weighted by Crippen LogP contribution is 2.26. The fourth-order valence-electron chi connectivity index (χ4n) is 3.94. The predicted molar refractivity (Wildman–Crippen MR) is 134 cm³/mol. The molecule has 1 saturated heterocycles. The maximum Gasteiger partial charge on any atom is 0.321 e. The maximum atomic E-state index is 12.4. The predicted octanol–water partition coefficient (Wildman–Crippen LogP) is 2.09. The van der Waals surface area contributed by atoms with Gasteiger partial charge in [0, 0.05) is 18.2 Å². The molecule has 0 saturated carbocycles. The van der Waals surface area contributed by atoms with E-state index >= 15 is 0 Å². The fourth-order valence-corrected chi connectivity index (χ4v) is 5.07. The largest absolute Gasteiger partial charge is 0.497 e. The van der Waals surface area contributed by atoms with Gasteiger partial charge in [-0.25, -0.2) is 13.1 Å². The lowest BCUT2D eigenvalue weighted by molar-refractivity contribution is 0.313. The van der Waals surface area contributed by atoms with Crippen LogP contribution in [0.4, 0.5) is 5.95 Å². The molecule has 0 bridgehead atoms. The summed E-state index contributed by atoms with van der Waals surface area (Å²) in [4.78, 5) is 9.03. The Bertz CT molecular complexity index is 1260. The summed E-state index contributed by atoms with van der Waals surface area (Å²) in [5.41, 5.74) is 2.56. The fraction of sp³-hybridized carbons (Fsp3) is 0.522. The van der Waals surface area contributed by atoms with Crippen molar-refractivity contribution in [2.75, 3.05) is 37.9 Å². The summed E-state index contributed by atoms with van der Waals surface area (Å²) < 4.78 is 40.2. The Hall–Kier alpha value is -2.96. The number of rotatable bonds is 11. The van der Waals surface area contributed by atoms with Crippen LogP contribution in [0.25, 0.3) is 5.65 Å². The number of ether oxygens (including phenoxy) is 2. The molecule has 1 fully saturated rings. The van der Waals surface area contributed by atoms with Crippen molar-refractivity contribution in [3.05, 3.63) is 41.6 Å². The highest BCUT2D eigenvalue weighted by Gasteiger charge is 2.22. The second-order valence-electron chi connectivity index (χ2n) is 8.94. The Morgan fingerprint density at radius 1 is 1.26 bits per heavy atom. The Morgan fingerprint density at radius 2 is 2.09 bits per heavy atom. The van der Waals surface area contributed by atoms with Crippen LogP contribution in [0.5, 0.6) is 11.8 Å². The number of fused-ring (bicyclic) bond motifs is 1. The third kappa shape index (κ3) is 6.19. The van der Waals surface area contributed by atoms with Crippen LogP contribution in [0.15, 0.2) is 30.5 Å². The molecule has 3 N–H and O–H groups in total. The third-order valence-corrected chi connectivity index (χ3v) is 7.32.